The van der Waals surface area contributed by atoms with Gasteiger partial charge in [-0.05, 0) is 19.1 Å². The molecule has 32 heavy (non-hydrogen) atoms. The molecule has 2 rings (SSSR count). The molecule has 9 nitrogen and oxygen atoms in total. The lowest BCUT2D eigenvalue weighted by Crippen LogP contribution is -2.18. The number of cyclic esters (lactones) is 1. The van der Waals surface area contributed by atoms with Gasteiger partial charge < -0.3 is 28.4 Å². The highest BCUT2D eigenvalue weighted by atomic mass is 16.6. The fourth-order valence-electron chi connectivity index (χ4n) is 2.58. The van der Waals surface area contributed by atoms with Crippen molar-refractivity contribution in [3.05, 3.63) is 47.7 Å². The Balaban J connectivity index is 1.74. The van der Waals surface area contributed by atoms with E-state index in [1.807, 2.05) is 25.2 Å². The van der Waals surface area contributed by atoms with E-state index < -0.39 is 0 Å². The van der Waals surface area contributed by atoms with Crippen LogP contribution in [0.4, 0.5) is 0 Å². The van der Waals surface area contributed by atoms with Crippen molar-refractivity contribution in [2.45, 2.75) is 13.3 Å². The first-order chi connectivity index (χ1) is 15.7. The summed E-state index contributed by atoms with van der Waals surface area (Å²) < 4.78 is 32.4. The van der Waals surface area contributed by atoms with Gasteiger partial charge >= 0.3 is 5.97 Å². The highest BCUT2D eigenvalue weighted by molar-refractivity contribution is 6.02. The molecule has 0 saturated carbocycles. The van der Waals surface area contributed by atoms with Crippen LogP contribution in [0.1, 0.15) is 18.9 Å². The van der Waals surface area contributed by atoms with Gasteiger partial charge in [0.15, 0.2) is 0 Å². The molecule has 0 aliphatic carbocycles. The van der Waals surface area contributed by atoms with Crippen LogP contribution >= 0.6 is 0 Å². The number of hydrogen-bond donors (Lipinski definition) is 0. The molecule has 0 saturated heterocycles. The van der Waals surface area contributed by atoms with E-state index in [1.54, 1.807) is 25.4 Å². The molecule has 9 heteroatoms. The molecule has 1 aliphatic rings. The Hall–Kier alpha value is -2.59. The summed E-state index contributed by atoms with van der Waals surface area (Å²) in [6, 6.07) is 3.50. The third-order valence-corrected chi connectivity index (χ3v) is 4.13. The third kappa shape index (κ3) is 10.6. The lowest BCUT2D eigenvalue weighted by Gasteiger charge is -2.13. The summed E-state index contributed by atoms with van der Waals surface area (Å²) in [7, 11) is 1.63. The second-order valence-corrected chi connectivity index (χ2v) is 6.77. The first-order valence-electron chi connectivity index (χ1n) is 10.6. The van der Waals surface area contributed by atoms with E-state index in [9.17, 15) is 4.79 Å². The Bertz CT molecular complexity index is 777. The zero-order valence-corrected chi connectivity index (χ0v) is 18.8. The monoisotopic (exact) mass is 448 g/mol. The number of methoxy groups -OCH3 is 1. The predicted octanol–water partition coefficient (Wildman–Crippen LogP) is 2.35. The molecule has 0 amide bonds. The Kier molecular flexibility index (Phi) is 12.9. The van der Waals surface area contributed by atoms with Crippen LogP contribution in [0.15, 0.2) is 47.1 Å². The summed E-state index contributed by atoms with van der Waals surface area (Å²) in [4.78, 5) is 20.8. The van der Waals surface area contributed by atoms with E-state index in [0.29, 0.717) is 64.2 Å². The van der Waals surface area contributed by atoms with Crippen molar-refractivity contribution in [2.24, 2.45) is 4.99 Å². The van der Waals surface area contributed by atoms with Crippen molar-refractivity contribution in [2.75, 3.05) is 66.5 Å². The van der Waals surface area contributed by atoms with E-state index in [2.05, 4.69) is 9.98 Å². The van der Waals surface area contributed by atoms with Crippen molar-refractivity contribution in [1.29, 1.82) is 0 Å². The lowest BCUT2D eigenvalue weighted by molar-refractivity contribution is -0.134. The van der Waals surface area contributed by atoms with Gasteiger partial charge in [-0.1, -0.05) is 23.8 Å². The first kappa shape index (κ1) is 25.7. The topological polar surface area (TPSA) is 97.7 Å². The number of pyridine rings is 1. The lowest BCUT2D eigenvalue weighted by atomic mass is 10.2. The summed E-state index contributed by atoms with van der Waals surface area (Å²) in [5.74, 6) is 0.148. The van der Waals surface area contributed by atoms with Crippen LogP contribution in [-0.4, -0.2) is 83.4 Å². The molecule has 0 spiro atoms. The molecular weight excluding hydrogens is 416 g/mol. The molecule has 176 valence electrons. The number of aliphatic imine (C=N–C) groups is 1. The summed E-state index contributed by atoms with van der Waals surface area (Å²) in [5, 5.41) is 0. The molecule has 0 fully saturated rings. The van der Waals surface area contributed by atoms with Crippen molar-refractivity contribution >= 4 is 11.9 Å². The maximum atomic E-state index is 12.2. The molecule has 0 aromatic carbocycles. The van der Waals surface area contributed by atoms with E-state index in [4.69, 9.17) is 28.4 Å². The maximum Gasteiger partial charge on any atom is 0.316 e. The minimum absolute atomic E-state index is 0.189. The first-order valence-corrected chi connectivity index (χ1v) is 10.6. The van der Waals surface area contributed by atoms with Gasteiger partial charge in [0.05, 0.1) is 64.8 Å². The summed E-state index contributed by atoms with van der Waals surface area (Å²) >= 11 is 0. The Morgan fingerprint density at radius 2 is 1.69 bits per heavy atom. The van der Waals surface area contributed by atoms with E-state index in [-0.39, 0.29) is 24.9 Å². The largest absolute Gasteiger partial charge is 0.475 e. The molecule has 1 aliphatic heterocycles. The van der Waals surface area contributed by atoms with Crippen LogP contribution in [0, 0.1) is 0 Å². The Labute approximate surface area is 189 Å². The summed E-state index contributed by atoms with van der Waals surface area (Å²) in [6.07, 6.45) is 7.45. The van der Waals surface area contributed by atoms with Crippen LogP contribution in [-0.2, 0) is 28.5 Å². The number of carbonyl (C=O) groups excluding carboxylic acids is 1. The Morgan fingerprint density at radius 3 is 2.41 bits per heavy atom. The van der Waals surface area contributed by atoms with Crippen molar-refractivity contribution < 1.29 is 33.2 Å². The second-order valence-electron chi connectivity index (χ2n) is 6.77. The van der Waals surface area contributed by atoms with Crippen molar-refractivity contribution in [3.8, 4) is 5.88 Å². The molecule has 1 aromatic rings. The number of hydrogen-bond acceptors (Lipinski definition) is 9. The van der Waals surface area contributed by atoms with Crippen LogP contribution < -0.4 is 4.74 Å². The zero-order valence-electron chi connectivity index (χ0n) is 18.8. The molecule has 0 N–H and O–H groups in total. The molecule has 0 bridgehead atoms. The molecule has 0 unspecified atom stereocenters. The minimum Gasteiger partial charge on any atom is -0.475 e. The standard InChI is InChI=1S/C23H32N2O7/c1-19-6-3-4-8-25-23(32-21(26)18-19)20-7-5-9-24-22(20)31-17-16-30-15-14-29-13-12-28-11-10-27-2/h3-7,9H,8,10-18H2,1-2H3/b4-3-,19-6-,25-23-. The average molecular weight is 449 g/mol. The van der Waals surface area contributed by atoms with E-state index in [0.717, 1.165) is 5.57 Å². The zero-order chi connectivity index (χ0) is 22.9. The van der Waals surface area contributed by atoms with Gasteiger partial charge in [0, 0.05) is 13.3 Å². The molecule has 0 atom stereocenters. The molecule has 2 heterocycles. The highest BCUT2D eigenvalue weighted by Crippen LogP contribution is 2.18. The maximum absolute atomic E-state index is 12.2. The smallest absolute Gasteiger partial charge is 0.316 e. The summed E-state index contributed by atoms with van der Waals surface area (Å²) in [5.41, 5.74) is 1.43. The quantitative estimate of drug-likeness (QED) is 0.316. The minimum atomic E-state index is -0.380. The normalized spacial score (nSPS) is 18.8. The second kappa shape index (κ2) is 16.1. The predicted molar refractivity (Wildman–Crippen MR) is 119 cm³/mol. The van der Waals surface area contributed by atoms with E-state index in [1.165, 1.54) is 0 Å². The fourth-order valence-corrected chi connectivity index (χ4v) is 2.58. The molecular formula is C23H32N2O7. The Morgan fingerprint density at radius 1 is 1.00 bits per heavy atom. The van der Waals surface area contributed by atoms with Gasteiger partial charge in [0.25, 0.3) is 0 Å². The number of carbonyl (C=O) groups is 1. The number of nitrogens with zero attached hydrogens (tertiary/aromatic N) is 2. The van der Waals surface area contributed by atoms with Gasteiger partial charge in [-0.2, -0.15) is 0 Å². The number of esters is 1. The van der Waals surface area contributed by atoms with Crippen LogP contribution in [0.3, 0.4) is 0 Å². The number of allylic oxidation sites excluding steroid dienone is 2. The van der Waals surface area contributed by atoms with Crippen molar-refractivity contribution in [1.82, 2.24) is 4.98 Å². The third-order valence-electron chi connectivity index (χ3n) is 4.13. The van der Waals surface area contributed by atoms with E-state index >= 15 is 0 Å². The average Bonchev–Trinajstić information content (AvgIpc) is 2.79. The highest BCUT2D eigenvalue weighted by Gasteiger charge is 2.17. The van der Waals surface area contributed by atoms with Gasteiger partial charge in [-0.3, -0.25) is 4.79 Å². The van der Waals surface area contributed by atoms with Gasteiger partial charge in [-0.25, -0.2) is 9.98 Å². The van der Waals surface area contributed by atoms with Crippen LogP contribution in [0.2, 0.25) is 0 Å². The van der Waals surface area contributed by atoms with Crippen LogP contribution in [0.25, 0.3) is 0 Å². The van der Waals surface area contributed by atoms with Crippen molar-refractivity contribution in [3.63, 3.8) is 0 Å². The molecule has 1 aromatic heterocycles. The van der Waals surface area contributed by atoms with Gasteiger partial charge in [-0.15, -0.1) is 0 Å². The summed E-state index contributed by atoms with van der Waals surface area (Å²) in [6.45, 7) is 5.98. The number of aromatic nitrogens is 1. The fraction of sp³-hybridized carbons (Fsp3) is 0.522. The van der Waals surface area contributed by atoms with Gasteiger partial charge in [0.1, 0.15) is 6.61 Å². The van der Waals surface area contributed by atoms with Crippen LogP contribution in [0.5, 0.6) is 5.88 Å². The SMILES string of the molecule is COCCOCCOCCOCCOc1ncccc1/C1=N/C/C=C\C=C(\C)CC(=O)O1. The van der Waals surface area contributed by atoms with Gasteiger partial charge in [0.2, 0.25) is 11.8 Å². The number of ether oxygens (including phenoxy) is 6. The number of rotatable bonds is 14. The molecule has 0 radical (unpaired) electrons.